The number of piperidine rings is 1. The molecule has 0 radical (unpaired) electrons. The molecule has 1 amide bonds. The largest absolute Gasteiger partial charge is 0.481 e. The molecule has 1 aliphatic rings. The number of hydrogen-bond donors (Lipinski definition) is 2. The summed E-state index contributed by atoms with van der Waals surface area (Å²) in [5, 5.41) is 11.8. The highest BCUT2D eigenvalue weighted by molar-refractivity contribution is 5.79. The summed E-state index contributed by atoms with van der Waals surface area (Å²) < 4.78 is 0. The summed E-state index contributed by atoms with van der Waals surface area (Å²) in [5.74, 6) is 1.39. The van der Waals surface area contributed by atoms with Gasteiger partial charge in [0.2, 0.25) is 5.91 Å². The summed E-state index contributed by atoms with van der Waals surface area (Å²) in [5.41, 5.74) is 0. The Hall–Kier alpha value is -1.54. The fourth-order valence-electron chi connectivity index (χ4n) is 1.79. The fraction of sp³-hybridized carbons (Fsp3) is 0.667. The minimum atomic E-state index is -0.767. The van der Waals surface area contributed by atoms with Gasteiger partial charge in [-0.1, -0.05) is 5.92 Å². The number of likely N-dealkylation sites (tertiary alicyclic amines) is 1. The van der Waals surface area contributed by atoms with Crippen molar-refractivity contribution < 1.29 is 14.7 Å². The third kappa shape index (κ3) is 4.08. The molecule has 2 N–H and O–H groups in total. The first-order valence-corrected chi connectivity index (χ1v) is 5.74. The van der Waals surface area contributed by atoms with Crippen LogP contribution in [0.15, 0.2) is 0 Å². The average Bonchev–Trinajstić information content (AvgIpc) is 2.35. The van der Waals surface area contributed by atoms with Crippen molar-refractivity contribution in [2.24, 2.45) is 5.92 Å². The van der Waals surface area contributed by atoms with Crippen LogP contribution in [0, 0.1) is 18.3 Å². The molecule has 1 heterocycles. The lowest BCUT2D eigenvalue weighted by atomic mass is 9.97. The van der Waals surface area contributed by atoms with Crippen molar-refractivity contribution in [3.8, 4) is 12.3 Å². The molecule has 17 heavy (non-hydrogen) atoms. The second-order valence-electron chi connectivity index (χ2n) is 4.26. The van der Waals surface area contributed by atoms with E-state index in [2.05, 4.69) is 11.2 Å². The molecule has 1 aliphatic heterocycles. The second-order valence-corrected chi connectivity index (χ2v) is 4.26. The smallest absolute Gasteiger partial charge is 0.306 e. The summed E-state index contributed by atoms with van der Waals surface area (Å²) in [6.07, 6.45) is 6.25. The minimum absolute atomic E-state index is 0.0176. The molecule has 5 heteroatoms. The van der Waals surface area contributed by atoms with Crippen LogP contribution < -0.4 is 5.32 Å². The van der Waals surface area contributed by atoms with E-state index < -0.39 is 5.97 Å². The number of nitrogens with zero attached hydrogens (tertiary/aromatic N) is 1. The second kappa shape index (κ2) is 6.26. The number of carboxylic acid groups (broad SMARTS) is 1. The molecular formula is C12H18N2O3. The van der Waals surface area contributed by atoms with E-state index in [9.17, 15) is 9.59 Å². The molecule has 0 spiro atoms. The van der Waals surface area contributed by atoms with Gasteiger partial charge in [0, 0.05) is 13.1 Å². The quantitative estimate of drug-likeness (QED) is 0.672. The summed E-state index contributed by atoms with van der Waals surface area (Å²) in [6, 6.07) is -0.129. The van der Waals surface area contributed by atoms with Gasteiger partial charge in [0.25, 0.3) is 0 Å². The zero-order valence-electron chi connectivity index (χ0n) is 9.98. The number of hydrogen-bond acceptors (Lipinski definition) is 3. The number of rotatable bonds is 4. The van der Waals surface area contributed by atoms with Crippen molar-refractivity contribution in [3.05, 3.63) is 0 Å². The maximum atomic E-state index is 11.7. The van der Waals surface area contributed by atoms with Gasteiger partial charge in [-0.2, -0.15) is 0 Å². The first-order valence-electron chi connectivity index (χ1n) is 5.74. The van der Waals surface area contributed by atoms with Crippen molar-refractivity contribution in [3.63, 3.8) is 0 Å². The average molecular weight is 238 g/mol. The molecule has 1 fully saturated rings. The topological polar surface area (TPSA) is 69.6 Å². The van der Waals surface area contributed by atoms with E-state index in [1.807, 2.05) is 6.92 Å². The Kier molecular flexibility index (Phi) is 4.98. The molecule has 1 rings (SSSR count). The van der Waals surface area contributed by atoms with Gasteiger partial charge in [0.1, 0.15) is 0 Å². The number of carbonyl (C=O) groups excluding carboxylic acids is 1. The van der Waals surface area contributed by atoms with E-state index in [1.165, 1.54) is 0 Å². The minimum Gasteiger partial charge on any atom is -0.481 e. The Labute approximate surface area is 101 Å². The van der Waals surface area contributed by atoms with Crippen LogP contribution in [0.3, 0.4) is 0 Å². The summed E-state index contributed by atoms with van der Waals surface area (Å²) in [6.45, 7) is 3.05. The molecule has 0 aromatic carbocycles. The van der Waals surface area contributed by atoms with Crippen LogP contribution in [-0.2, 0) is 9.59 Å². The molecule has 1 unspecified atom stereocenters. The molecule has 94 valence electrons. The number of amides is 1. The van der Waals surface area contributed by atoms with Crippen LogP contribution in [-0.4, -0.2) is 47.6 Å². The Bertz CT molecular complexity index is 327. The standard InChI is InChI=1S/C12H18N2O3/c1-3-9(2)13-8-11(15)14-6-4-10(5-7-14)12(16)17/h1,9-10,13H,4-8H2,2H3,(H,16,17). The molecule has 0 saturated carbocycles. The van der Waals surface area contributed by atoms with Crippen LogP contribution in [0.2, 0.25) is 0 Å². The highest BCUT2D eigenvalue weighted by Gasteiger charge is 2.26. The fourth-order valence-corrected chi connectivity index (χ4v) is 1.79. The summed E-state index contributed by atoms with van der Waals surface area (Å²) >= 11 is 0. The Morgan fingerprint density at radius 1 is 1.53 bits per heavy atom. The van der Waals surface area contributed by atoms with Gasteiger partial charge in [-0.05, 0) is 19.8 Å². The lowest BCUT2D eigenvalue weighted by Gasteiger charge is -2.30. The van der Waals surface area contributed by atoms with Crippen molar-refractivity contribution in [2.75, 3.05) is 19.6 Å². The van der Waals surface area contributed by atoms with Crippen LogP contribution >= 0.6 is 0 Å². The van der Waals surface area contributed by atoms with Gasteiger partial charge >= 0.3 is 5.97 Å². The zero-order chi connectivity index (χ0) is 12.8. The van der Waals surface area contributed by atoms with Crippen molar-refractivity contribution >= 4 is 11.9 Å². The van der Waals surface area contributed by atoms with E-state index in [4.69, 9.17) is 11.5 Å². The van der Waals surface area contributed by atoms with Crippen LogP contribution in [0.25, 0.3) is 0 Å². The number of carbonyl (C=O) groups is 2. The number of carboxylic acids is 1. The highest BCUT2D eigenvalue weighted by Crippen LogP contribution is 2.16. The molecule has 5 nitrogen and oxygen atoms in total. The number of nitrogens with one attached hydrogen (secondary N) is 1. The molecule has 0 bridgehead atoms. The van der Waals surface area contributed by atoms with Crippen LogP contribution in [0.4, 0.5) is 0 Å². The van der Waals surface area contributed by atoms with E-state index in [-0.39, 0.29) is 24.4 Å². The molecule has 0 aliphatic carbocycles. The lowest BCUT2D eigenvalue weighted by molar-refractivity contribution is -0.145. The highest BCUT2D eigenvalue weighted by atomic mass is 16.4. The maximum Gasteiger partial charge on any atom is 0.306 e. The molecule has 0 aromatic heterocycles. The SMILES string of the molecule is C#CC(C)NCC(=O)N1CCC(C(=O)O)CC1. The zero-order valence-corrected chi connectivity index (χ0v) is 9.98. The van der Waals surface area contributed by atoms with Gasteiger partial charge in [-0.15, -0.1) is 6.42 Å². The summed E-state index contributed by atoms with van der Waals surface area (Å²) in [7, 11) is 0. The van der Waals surface area contributed by atoms with E-state index in [0.29, 0.717) is 25.9 Å². The van der Waals surface area contributed by atoms with E-state index in [0.717, 1.165) is 0 Å². The lowest BCUT2D eigenvalue weighted by Crippen LogP contribution is -2.45. The molecule has 0 aromatic rings. The van der Waals surface area contributed by atoms with Gasteiger partial charge in [0.15, 0.2) is 0 Å². The predicted molar refractivity (Wildman–Crippen MR) is 63.2 cm³/mol. The first kappa shape index (κ1) is 13.5. The molecule has 1 atom stereocenters. The Morgan fingerprint density at radius 3 is 2.59 bits per heavy atom. The van der Waals surface area contributed by atoms with Crippen LogP contribution in [0.5, 0.6) is 0 Å². The van der Waals surface area contributed by atoms with Gasteiger partial charge in [0.05, 0.1) is 18.5 Å². The predicted octanol–water partition coefficient (Wildman–Crippen LogP) is -0.0791. The molecule has 1 saturated heterocycles. The normalized spacial score (nSPS) is 18.5. The van der Waals surface area contributed by atoms with Crippen molar-refractivity contribution in [1.82, 2.24) is 10.2 Å². The third-order valence-electron chi connectivity index (χ3n) is 3.01. The van der Waals surface area contributed by atoms with Gasteiger partial charge < -0.3 is 10.0 Å². The van der Waals surface area contributed by atoms with Gasteiger partial charge in [-0.25, -0.2) is 0 Å². The van der Waals surface area contributed by atoms with Crippen molar-refractivity contribution in [2.45, 2.75) is 25.8 Å². The summed E-state index contributed by atoms with van der Waals surface area (Å²) in [4.78, 5) is 24.2. The number of aliphatic carboxylic acids is 1. The van der Waals surface area contributed by atoms with Gasteiger partial charge in [-0.3, -0.25) is 14.9 Å². The Morgan fingerprint density at radius 2 is 2.12 bits per heavy atom. The monoisotopic (exact) mass is 238 g/mol. The van der Waals surface area contributed by atoms with E-state index in [1.54, 1.807) is 4.90 Å². The Balaban J connectivity index is 2.31. The van der Waals surface area contributed by atoms with Crippen LogP contribution in [0.1, 0.15) is 19.8 Å². The number of terminal acetylenes is 1. The maximum absolute atomic E-state index is 11.7. The van der Waals surface area contributed by atoms with E-state index >= 15 is 0 Å². The third-order valence-corrected chi connectivity index (χ3v) is 3.01. The molecular weight excluding hydrogens is 220 g/mol. The first-order chi connectivity index (χ1) is 8.04. The van der Waals surface area contributed by atoms with Crippen molar-refractivity contribution in [1.29, 1.82) is 0 Å².